The van der Waals surface area contributed by atoms with Gasteiger partial charge in [-0.25, -0.2) is 0 Å². The van der Waals surface area contributed by atoms with Gasteiger partial charge in [0.05, 0.1) is 19.3 Å². The first-order valence-electron chi connectivity index (χ1n) is 7.47. The first-order valence-corrected chi connectivity index (χ1v) is 7.47. The topological polar surface area (TPSA) is 50.8 Å². The SMILES string of the molecule is COc1ccccc1CN1CC2(CCCNC2)OCC1=O. The van der Waals surface area contributed by atoms with E-state index in [4.69, 9.17) is 9.47 Å². The van der Waals surface area contributed by atoms with Crippen molar-refractivity contribution in [1.82, 2.24) is 10.2 Å². The molecule has 5 nitrogen and oxygen atoms in total. The van der Waals surface area contributed by atoms with Crippen LogP contribution in [-0.4, -0.2) is 49.8 Å². The van der Waals surface area contributed by atoms with Crippen LogP contribution in [0.25, 0.3) is 0 Å². The predicted molar refractivity (Wildman–Crippen MR) is 79.2 cm³/mol. The van der Waals surface area contributed by atoms with Crippen molar-refractivity contribution in [2.24, 2.45) is 0 Å². The standard InChI is InChI=1S/C16H22N2O3/c1-20-14-6-3-2-5-13(14)9-18-12-16(21-10-15(18)19)7-4-8-17-11-16/h2-3,5-6,17H,4,7-12H2,1H3. The lowest BCUT2D eigenvalue weighted by atomic mass is 9.91. The first-order chi connectivity index (χ1) is 10.2. The number of nitrogens with one attached hydrogen (secondary N) is 1. The third kappa shape index (κ3) is 3.04. The normalized spacial score (nSPS) is 26.1. The number of benzene rings is 1. The molecule has 0 aromatic heterocycles. The second-order valence-electron chi connectivity index (χ2n) is 5.81. The number of ether oxygens (including phenoxy) is 2. The maximum atomic E-state index is 12.2. The van der Waals surface area contributed by atoms with Crippen LogP contribution < -0.4 is 10.1 Å². The zero-order valence-corrected chi connectivity index (χ0v) is 12.4. The fourth-order valence-corrected chi connectivity index (χ4v) is 3.17. The van der Waals surface area contributed by atoms with E-state index in [1.807, 2.05) is 29.2 Å². The fourth-order valence-electron chi connectivity index (χ4n) is 3.17. The molecule has 1 spiro atoms. The summed E-state index contributed by atoms with van der Waals surface area (Å²) in [6.45, 7) is 3.26. The molecule has 1 N–H and O–H groups in total. The lowest BCUT2D eigenvalue weighted by Crippen LogP contribution is -2.60. The Balaban J connectivity index is 1.75. The average Bonchev–Trinajstić information content (AvgIpc) is 2.53. The molecule has 1 aromatic carbocycles. The van der Waals surface area contributed by atoms with E-state index in [-0.39, 0.29) is 18.1 Å². The Hall–Kier alpha value is -1.59. The maximum absolute atomic E-state index is 12.2. The Labute approximate surface area is 125 Å². The van der Waals surface area contributed by atoms with Crippen LogP contribution >= 0.6 is 0 Å². The van der Waals surface area contributed by atoms with Crippen LogP contribution in [0.15, 0.2) is 24.3 Å². The van der Waals surface area contributed by atoms with Crippen molar-refractivity contribution in [3.05, 3.63) is 29.8 Å². The van der Waals surface area contributed by atoms with Gasteiger partial charge in [0.25, 0.3) is 0 Å². The highest BCUT2D eigenvalue weighted by atomic mass is 16.5. The summed E-state index contributed by atoms with van der Waals surface area (Å²) in [5, 5.41) is 3.38. The van der Waals surface area contributed by atoms with E-state index < -0.39 is 0 Å². The van der Waals surface area contributed by atoms with E-state index >= 15 is 0 Å². The van der Waals surface area contributed by atoms with Gasteiger partial charge in [-0.1, -0.05) is 18.2 Å². The molecule has 1 amide bonds. The molecular formula is C16H22N2O3. The Morgan fingerprint density at radius 3 is 3.05 bits per heavy atom. The van der Waals surface area contributed by atoms with E-state index in [2.05, 4.69) is 5.32 Å². The predicted octanol–water partition coefficient (Wildman–Crippen LogP) is 1.18. The van der Waals surface area contributed by atoms with Crippen molar-refractivity contribution < 1.29 is 14.3 Å². The molecule has 3 rings (SSSR count). The fraction of sp³-hybridized carbons (Fsp3) is 0.562. The summed E-state index contributed by atoms with van der Waals surface area (Å²) in [7, 11) is 1.66. The summed E-state index contributed by atoms with van der Waals surface area (Å²) in [4.78, 5) is 14.1. The minimum atomic E-state index is -0.214. The van der Waals surface area contributed by atoms with Gasteiger partial charge in [0.15, 0.2) is 0 Å². The molecule has 1 aromatic rings. The van der Waals surface area contributed by atoms with Crippen LogP contribution in [0, 0.1) is 0 Å². The highest BCUT2D eigenvalue weighted by Gasteiger charge is 2.40. The molecular weight excluding hydrogens is 268 g/mol. The monoisotopic (exact) mass is 290 g/mol. The number of nitrogens with zero attached hydrogens (tertiary/aromatic N) is 1. The van der Waals surface area contributed by atoms with Crippen molar-refractivity contribution >= 4 is 5.91 Å². The van der Waals surface area contributed by atoms with Crippen LogP contribution in [0.5, 0.6) is 5.75 Å². The molecule has 2 aliphatic rings. The largest absolute Gasteiger partial charge is 0.496 e. The summed E-state index contributed by atoms with van der Waals surface area (Å²) in [5.41, 5.74) is 0.822. The third-order valence-corrected chi connectivity index (χ3v) is 4.32. The van der Waals surface area contributed by atoms with E-state index in [0.29, 0.717) is 13.1 Å². The molecule has 2 fully saturated rings. The van der Waals surface area contributed by atoms with Crippen LogP contribution in [0.3, 0.4) is 0 Å². The molecule has 1 unspecified atom stereocenters. The number of piperidine rings is 1. The maximum Gasteiger partial charge on any atom is 0.249 e. The van der Waals surface area contributed by atoms with Crippen LogP contribution in [0.2, 0.25) is 0 Å². The van der Waals surface area contributed by atoms with Gasteiger partial charge in [0, 0.05) is 18.7 Å². The highest BCUT2D eigenvalue weighted by molar-refractivity contribution is 5.78. The Morgan fingerprint density at radius 1 is 1.43 bits per heavy atom. The molecule has 2 aliphatic heterocycles. The van der Waals surface area contributed by atoms with Gasteiger partial charge >= 0.3 is 0 Å². The lowest BCUT2D eigenvalue weighted by molar-refractivity contribution is -0.167. The Morgan fingerprint density at radius 2 is 2.29 bits per heavy atom. The summed E-state index contributed by atoms with van der Waals surface area (Å²) >= 11 is 0. The number of methoxy groups -OCH3 is 1. The molecule has 21 heavy (non-hydrogen) atoms. The second-order valence-corrected chi connectivity index (χ2v) is 5.81. The molecule has 2 heterocycles. The molecule has 0 bridgehead atoms. The minimum absolute atomic E-state index is 0.0529. The molecule has 0 aliphatic carbocycles. The first kappa shape index (κ1) is 14.4. The molecule has 5 heteroatoms. The van der Waals surface area contributed by atoms with Gasteiger partial charge in [-0.05, 0) is 25.5 Å². The van der Waals surface area contributed by atoms with E-state index in [9.17, 15) is 4.79 Å². The van der Waals surface area contributed by atoms with Crippen molar-refractivity contribution in [2.45, 2.75) is 25.0 Å². The van der Waals surface area contributed by atoms with E-state index in [1.165, 1.54) is 0 Å². The minimum Gasteiger partial charge on any atom is -0.496 e. The van der Waals surface area contributed by atoms with Gasteiger partial charge in [0.1, 0.15) is 12.4 Å². The molecule has 1 atom stereocenters. The Kier molecular flexibility index (Phi) is 4.12. The number of carbonyl (C=O) groups excluding carboxylic acids is 1. The number of rotatable bonds is 3. The van der Waals surface area contributed by atoms with Gasteiger partial charge in [0.2, 0.25) is 5.91 Å². The number of carbonyl (C=O) groups is 1. The van der Waals surface area contributed by atoms with Crippen LogP contribution in [0.1, 0.15) is 18.4 Å². The summed E-state index contributed by atoms with van der Waals surface area (Å²) in [6.07, 6.45) is 2.10. The van der Waals surface area contributed by atoms with Crippen molar-refractivity contribution in [2.75, 3.05) is 33.4 Å². The number of hydrogen-bond donors (Lipinski definition) is 1. The van der Waals surface area contributed by atoms with E-state index in [1.54, 1.807) is 7.11 Å². The summed E-state index contributed by atoms with van der Waals surface area (Å²) in [5.74, 6) is 0.879. The number of para-hydroxylation sites is 1. The van der Waals surface area contributed by atoms with Crippen molar-refractivity contribution in [3.63, 3.8) is 0 Å². The van der Waals surface area contributed by atoms with Gasteiger partial charge in [-0.15, -0.1) is 0 Å². The highest BCUT2D eigenvalue weighted by Crippen LogP contribution is 2.28. The van der Waals surface area contributed by atoms with E-state index in [0.717, 1.165) is 37.2 Å². The molecule has 2 saturated heterocycles. The van der Waals surface area contributed by atoms with Gasteiger partial charge in [-0.3, -0.25) is 4.79 Å². The molecule has 114 valence electrons. The second kappa shape index (κ2) is 6.03. The summed E-state index contributed by atoms with van der Waals surface area (Å²) in [6, 6.07) is 7.85. The zero-order chi connectivity index (χ0) is 14.7. The van der Waals surface area contributed by atoms with Gasteiger partial charge in [-0.2, -0.15) is 0 Å². The quantitative estimate of drug-likeness (QED) is 0.908. The van der Waals surface area contributed by atoms with Crippen molar-refractivity contribution in [1.29, 1.82) is 0 Å². The molecule has 0 radical (unpaired) electrons. The number of morpholine rings is 1. The lowest BCUT2D eigenvalue weighted by Gasteiger charge is -2.44. The summed E-state index contributed by atoms with van der Waals surface area (Å²) < 4.78 is 11.2. The van der Waals surface area contributed by atoms with Crippen LogP contribution in [0.4, 0.5) is 0 Å². The Bertz CT molecular complexity index is 512. The number of amides is 1. The third-order valence-electron chi connectivity index (χ3n) is 4.32. The zero-order valence-electron chi connectivity index (χ0n) is 12.4. The van der Waals surface area contributed by atoms with Gasteiger partial charge < -0.3 is 19.7 Å². The number of hydrogen-bond acceptors (Lipinski definition) is 4. The van der Waals surface area contributed by atoms with Crippen molar-refractivity contribution in [3.8, 4) is 5.75 Å². The van der Waals surface area contributed by atoms with Crippen LogP contribution in [-0.2, 0) is 16.1 Å². The molecule has 0 saturated carbocycles. The average molecular weight is 290 g/mol. The smallest absolute Gasteiger partial charge is 0.249 e.